The summed E-state index contributed by atoms with van der Waals surface area (Å²) in [5.41, 5.74) is 4.69. The summed E-state index contributed by atoms with van der Waals surface area (Å²) in [7, 11) is 3.30. The fraction of sp³-hybridized carbons (Fsp3) is 0.269. The molecule has 0 atom stereocenters. The van der Waals surface area contributed by atoms with Gasteiger partial charge in [-0.05, 0) is 56.7 Å². The van der Waals surface area contributed by atoms with E-state index in [1.807, 2.05) is 31.5 Å². The fourth-order valence-electron chi connectivity index (χ4n) is 4.07. The number of phenols is 1. The maximum atomic E-state index is 13.6. The van der Waals surface area contributed by atoms with E-state index < -0.39 is 0 Å². The third-order valence-electron chi connectivity index (χ3n) is 6.10. The van der Waals surface area contributed by atoms with Crippen LogP contribution in [0.15, 0.2) is 42.6 Å². The molecule has 0 aliphatic rings. The Morgan fingerprint density at radius 2 is 1.89 bits per heavy atom. The van der Waals surface area contributed by atoms with E-state index in [9.17, 15) is 14.7 Å². The normalized spacial score (nSPS) is 11.0. The van der Waals surface area contributed by atoms with Gasteiger partial charge in [0.25, 0.3) is 11.8 Å². The first-order valence-corrected chi connectivity index (χ1v) is 11.3. The predicted octanol–water partition coefficient (Wildman–Crippen LogP) is 3.47. The summed E-state index contributed by atoms with van der Waals surface area (Å²) in [5.74, 6) is -0.0902. The second-order valence-electron chi connectivity index (χ2n) is 8.44. The summed E-state index contributed by atoms with van der Waals surface area (Å²) in [6.07, 6.45) is 1.77. The van der Waals surface area contributed by atoms with Crippen LogP contribution in [0.1, 0.15) is 44.6 Å². The molecule has 9 nitrogen and oxygen atoms in total. The predicted molar refractivity (Wildman–Crippen MR) is 133 cm³/mol. The first kappa shape index (κ1) is 23.9. The molecule has 0 unspecified atom stereocenters. The number of nitrogens with zero attached hydrogens (tertiary/aromatic N) is 5. The van der Waals surface area contributed by atoms with Crippen LogP contribution >= 0.6 is 0 Å². The first-order valence-electron chi connectivity index (χ1n) is 11.3. The molecular weight excluding hydrogens is 444 g/mol. The van der Waals surface area contributed by atoms with Crippen LogP contribution in [0, 0.1) is 13.8 Å². The SMILES string of the molecule is CCn1ncc(CN(C)C(=O)c2nc(-c3ccc(C(=O)NC)c(C)c3)nc3ccc(O)cc23)c1C. The van der Waals surface area contributed by atoms with E-state index in [2.05, 4.69) is 20.4 Å². The third-order valence-corrected chi connectivity index (χ3v) is 6.10. The van der Waals surface area contributed by atoms with E-state index >= 15 is 0 Å². The minimum absolute atomic E-state index is 0.0244. The van der Waals surface area contributed by atoms with Gasteiger partial charge in [0.2, 0.25) is 0 Å². The highest BCUT2D eigenvalue weighted by Crippen LogP contribution is 2.27. The molecule has 9 heteroatoms. The largest absolute Gasteiger partial charge is 0.508 e. The molecule has 2 heterocycles. The van der Waals surface area contributed by atoms with E-state index in [4.69, 9.17) is 0 Å². The summed E-state index contributed by atoms with van der Waals surface area (Å²) >= 11 is 0. The van der Waals surface area contributed by atoms with Crippen molar-refractivity contribution in [1.29, 1.82) is 0 Å². The lowest BCUT2D eigenvalue weighted by molar-refractivity contribution is 0.0781. The van der Waals surface area contributed by atoms with Gasteiger partial charge in [-0.1, -0.05) is 6.07 Å². The lowest BCUT2D eigenvalue weighted by Crippen LogP contribution is -2.27. The van der Waals surface area contributed by atoms with Gasteiger partial charge < -0.3 is 15.3 Å². The number of aryl methyl sites for hydroxylation is 2. The van der Waals surface area contributed by atoms with Crippen LogP contribution in [-0.4, -0.2) is 55.7 Å². The number of carbonyl (C=O) groups is 2. The number of fused-ring (bicyclic) bond motifs is 1. The van der Waals surface area contributed by atoms with Crippen LogP contribution in [-0.2, 0) is 13.1 Å². The van der Waals surface area contributed by atoms with Crippen LogP contribution in [0.5, 0.6) is 5.75 Å². The number of benzene rings is 2. The van der Waals surface area contributed by atoms with Crippen molar-refractivity contribution in [3.05, 3.63) is 70.7 Å². The molecule has 35 heavy (non-hydrogen) atoms. The molecular formula is C26H28N6O3. The number of carbonyl (C=O) groups excluding carboxylic acids is 2. The molecule has 2 aromatic heterocycles. The van der Waals surface area contributed by atoms with E-state index in [0.717, 1.165) is 23.4 Å². The van der Waals surface area contributed by atoms with Gasteiger partial charge in [-0.15, -0.1) is 0 Å². The van der Waals surface area contributed by atoms with Crippen LogP contribution < -0.4 is 5.32 Å². The second-order valence-corrected chi connectivity index (χ2v) is 8.44. The summed E-state index contributed by atoms with van der Waals surface area (Å²) in [6.45, 7) is 6.95. The monoisotopic (exact) mass is 472 g/mol. The average Bonchev–Trinajstić information content (AvgIpc) is 3.21. The van der Waals surface area contributed by atoms with Crippen molar-refractivity contribution in [3.63, 3.8) is 0 Å². The van der Waals surface area contributed by atoms with Gasteiger partial charge in [0, 0.05) is 55.0 Å². The summed E-state index contributed by atoms with van der Waals surface area (Å²) in [6, 6.07) is 10.00. The van der Waals surface area contributed by atoms with Crippen molar-refractivity contribution >= 4 is 22.7 Å². The third kappa shape index (κ3) is 4.57. The topological polar surface area (TPSA) is 113 Å². The van der Waals surface area contributed by atoms with Gasteiger partial charge in [-0.3, -0.25) is 14.3 Å². The lowest BCUT2D eigenvalue weighted by atomic mass is 10.0. The average molecular weight is 473 g/mol. The number of hydrogen-bond acceptors (Lipinski definition) is 6. The van der Waals surface area contributed by atoms with Gasteiger partial charge in [-0.2, -0.15) is 5.10 Å². The Hall–Kier alpha value is -4.27. The van der Waals surface area contributed by atoms with Crippen molar-refractivity contribution in [1.82, 2.24) is 30.0 Å². The molecule has 2 aromatic carbocycles. The van der Waals surface area contributed by atoms with Gasteiger partial charge in [-0.25, -0.2) is 9.97 Å². The summed E-state index contributed by atoms with van der Waals surface area (Å²) in [5, 5.41) is 17.5. The van der Waals surface area contributed by atoms with Crippen molar-refractivity contribution < 1.29 is 14.7 Å². The van der Waals surface area contributed by atoms with Crippen LogP contribution in [0.3, 0.4) is 0 Å². The zero-order valence-electron chi connectivity index (χ0n) is 20.5. The number of phenolic OH excluding ortho intramolecular Hbond substituents is 1. The second kappa shape index (κ2) is 9.54. The van der Waals surface area contributed by atoms with Crippen molar-refractivity contribution in [3.8, 4) is 17.1 Å². The van der Waals surface area contributed by atoms with Gasteiger partial charge >= 0.3 is 0 Å². The fourth-order valence-corrected chi connectivity index (χ4v) is 4.07. The highest BCUT2D eigenvalue weighted by Gasteiger charge is 2.21. The molecule has 0 spiro atoms. The van der Waals surface area contributed by atoms with Crippen molar-refractivity contribution in [2.45, 2.75) is 33.9 Å². The highest BCUT2D eigenvalue weighted by atomic mass is 16.3. The molecule has 0 saturated carbocycles. The molecule has 0 aliphatic carbocycles. The number of rotatable bonds is 6. The summed E-state index contributed by atoms with van der Waals surface area (Å²) in [4.78, 5) is 36.5. The number of aromatic hydroxyl groups is 1. The van der Waals surface area contributed by atoms with Crippen LogP contribution in [0.2, 0.25) is 0 Å². The van der Waals surface area contributed by atoms with Crippen LogP contribution in [0.25, 0.3) is 22.3 Å². The molecule has 0 bridgehead atoms. The number of amides is 2. The Morgan fingerprint density at radius 3 is 2.54 bits per heavy atom. The Bertz CT molecular complexity index is 1440. The molecule has 2 amide bonds. The first-order chi connectivity index (χ1) is 16.7. The maximum Gasteiger partial charge on any atom is 0.273 e. The van der Waals surface area contributed by atoms with E-state index in [-0.39, 0.29) is 23.3 Å². The number of aromatic nitrogens is 4. The molecule has 4 rings (SSSR count). The molecule has 2 N–H and O–H groups in total. The number of nitrogens with one attached hydrogen (secondary N) is 1. The molecule has 0 fully saturated rings. The smallest absolute Gasteiger partial charge is 0.273 e. The zero-order chi connectivity index (χ0) is 25.3. The van der Waals surface area contributed by atoms with Crippen molar-refractivity contribution in [2.75, 3.05) is 14.1 Å². The Kier molecular flexibility index (Phi) is 6.50. The van der Waals surface area contributed by atoms with Gasteiger partial charge in [0.15, 0.2) is 5.82 Å². The number of hydrogen-bond donors (Lipinski definition) is 2. The minimum atomic E-state index is -0.299. The quantitative estimate of drug-likeness (QED) is 0.444. The Balaban J connectivity index is 1.77. The van der Waals surface area contributed by atoms with E-state index in [0.29, 0.717) is 34.4 Å². The standard InChI is InChI=1S/C26H28N6O3/c1-6-32-16(3)18(13-28-32)14-31(5)26(35)23-21-12-19(33)8-10-22(21)29-24(30-23)17-7-9-20(15(2)11-17)25(34)27-4/h7-13,33H,6,14H2,1-5H3,(H,27,34). The summed E-state index contributed by atoms with van der Waals surface area (Å²) < 4.78 is 1.88. The van der Waals surface area contributed by atoms with E-state index in [1.165, 1.54) is 12.1 Å². The van der Waals surface area contributed by atoms with Gasteiger partial charge in [0.05, 0.1) is 11.7 Å². The zero-order valence-corrected chi connectivity index (χ0v) is 20.5. The molecule has 0 radical (unpaired) electrons. The highest BCUT2D eigenvalue weighted by molar-refractivity contribution is 6.05. The van der Waals surface area contributed by atoms with Gasteiger partial charge in [0.1, 0.15) is 11.4 Å². The maximum absolute atomic E-state index is 13.6. The molecule has 180 valence electrons. The molecule has 0 saturated heterocycles. The Labute approximate surface area is 203 Å². The minimum Gasteiger partial charge on any atom is -0.508 e. The molecule has 0 aliphatic heterocycles. The van der Waals surface area contributed by atoms with E-state index in [1.54, 1.807) is 43.4 Å². The Morgan fingerprint density at radius 1 is 1.11 bits per heavy atom. The molecule has 4 aromatic rings. The van der Waals surface area contributed by atoms with Crippen LogP contribution in [0.4, 0.5) is 0 Å². The van der Waals surface area contributed by atoms with Crippen molar-refractivity contribution in [2.24, 2.45) is 0 Å². The lowest BCUT2D eigenvalue weighted by Gasteiger charge is -2.18.